The van der Waals surface area contributed by atoms with Crippen molar-refractivity contribution in [1.29, 1.82) is 0 Å². The third-order valence-corrected chi connectivity index (χ3v) is 4.92. The molecule has 26 heavy (non-hydrogen) atoms. The zero-order valence-electron chi connectivity index (χ0n) is 15.0. The molecular weight excluding hydrogens is 324 g/mol. The van der Waals surface area contributed by atoms with Crippen molar-refractivity contribution in [2.75, 3.05) is 18.4 Å². The lowest BCUT2D eigenvalue weighted by molar-refractivity contribution is 0.200. The monoisotopic (exact) mass is 348 g/mol. The SMILES string of the molecule is Cc1cccc(Nc2cc(C3CCN(Cc4ncc[nH]4)CC3)ccn2)n1. The van der Waals surface area contributed by atoms with Gasteiger partial charge in [-0.3, -0.25) is 4.90 Å². The summed E-state index contributed by atoms with van der Waals surface area (Å²) >= 11 is 0. The average Bonchev–Trinajstić information content (AvgIpc) is 3.16. The van der Waals surface area contributed by atoms with Gasteiger partial charge in [0, 0.05) is 24.3 Å². The van der Waals surface area contributed by atoms with Gasteiger partial charge in [0.15, 0.2) is 0 Å². The van der Waals surface area contributed by atoms with Crippen LogP contribution in [0.25, 0.3) is 0 Å². The minimum atomic E-state index is 0.580. The number of aryl methyl sites for hydroxylation is 1. The van der Waals surface area contributed by atoms with Gasteiger partial charge in [0.05, 0.1) is 6.54 Å². The van der Waals surface area contributed by atoms with Crippen molar-refractivity contribution in [3.63, 3.8) is 0 Å². The van der Waals surface area contributed by atoms with Crippen LogP contribution in [0.5, 0.6) is 0 Å². The fourth-order valence-electron chi connectivity index (χ4n) is 3.53. The topological polar surface area (TPSA) is 69.7 Å². The predicted molar refractivity (Wildman–Crippen MR) is 102 cm³/mol. The lowest BCUT2D eigenvalue weighted by Crippen LogP contribution is -2.32. The first-order valence-corrected chi connectivity index (χ1v) is 9.13. The van der Waals surface area contributed by atoms with E-state index in [-0.39, 0.29) is 0 Å². The molecule has 2 N–H and O–H groups in total. The van der Waals surface area contributed by atoms with Gasteiger partial charge < -0.3 is 10.3 Å². The van der Waals surface area contributed by atoms with Crippen molar-refractivity contribution >= 4 is 11.6 Å². The van der Waals surface area contributed by atoms with Crippen LogP contribution in [0.1, 0.15) is 35.8 Å². The Bertz CT molecular complexity index is 837. The van der Waals surface area contributed by atoms with Crippen LogP contribution in [0, 0.1) is 6.92 Å². The van der Waals surface area contributed by atoms with Gasteiger partial charge in [0.2, 0.25) is 0 Å². The van der Waals surface area contributed by atoms with E-state index in [9.17, 15) is 0 Å². The molecule has 0 aromatic carbocycles. The Kier molecular flexibility index (Phi) is 4.93. The van der Waals surface area contributed by atoms with E-state index >= 15 is 0 Å². The summed E-state index contributed by atoms with van der Waals surface area (Å²) in [7, 11) is 0. The van der Waals surface area contributed by atoms with Gasteiger partial charge in [-0.05, 0) is 68.6 Å². The molecule has 1 fully saturated rings. The van der Waals surface area contributed by atoms with E-state index in [4.69, 9.17) is 0 Å². The summed E-state index contributed by atoms with van der Waals surface area (Å²) in [4.78, 5) is 18.9. The average molecular weight is 348 g/mol. The van der Waals surface area contributed by atoms with E-state index in [1.165, 1.54) is 5.56 Å². The number of rotatable bonds is 5. The van der Waals surface area contributed by atoms with E-state index in [0.717, 1.165) is 55.6 Å². The molecule has 6 nitrogen and oxygen atoms in total. The second kappa shape index (κ2) is 7.66. The first kappa shape index (κ1) is 16.7. The molecule has 1 saturated heterocycles. The third kappa shape index (κ3) is 4.08. The van der Waals surface area contributed by atoms with Gasteiger partial charge in [0.1, 0.15) is 17.5 Å². The van der Waals surface area contributed by atoms with E-state index in [1.807, 2.05) is 43.7 Å². The number of nitrogens with zero attached hydrogens (tertiary/aromatic N) is 4. The quantitative estimate of drug-likeness (QED) is 0.737. The zero-order chi connectivity index (χ0) is 17.8. The smallest absolute Gasteiger partial charge is 0.131 e. The van der Waals surface area contributed by atoms with Crippen LogP contribution >= 0.6 is 0 Å². The maximum Gasteiger partial charge on any atom is 0.131 e. The second-order valence-electron chi connectivity index (χ2n) is 6.85. The van der Waals surface area contributed by atoms with Crippen LogP contribution in [0.15, 0.2) is 48.9 Å². The van der Waals surface area contributed by atoms with Crippen molar-refractivity contribution in [2.24, 2.45) is 0 Å². The Labute approximate surface area is 153 Å². The highest BCUT2D eigenvalue weighted by atomic mass is 15.1. The number of likely N-dealkylation sites (tertiary alicyclic amines) is 1. The Morgan fingerprint density at radius 1 is 1.12 bits per heavy atom. The number of hydrogen-bond acceptors (Lipinski definition) is 5. The Morgan fingerprint density at radius 2 is 2.00 bits per heavy atom. The van der Waals surface area contributed by atoms with Gasteiger partial charge in [-0.25, -0.2) is 15.0 Å². The summed E-state index contributed by atoms with van der Waals surface area (Å²) in [5.41, 5.74) is 2.35. The molecule has 6 heteroatoms. The number of nitrogens with one attached hydrogen (secondary N) is 2. The van der Waals surface area contributed by atoms with Crippen molar-refractivity contribution in [3.05, 3.63) is 66.0 Å². The Morgan fingerprint density at radius 3 is 2.77 bits per heavy atom. The molecule has 3 aromatic heterocycles. The van der Waals surface area contributed by atoms with E-state index < -0.39 is 0 Å². The molecule has 3 aromatic rings. The number of imidazole rings is 1. The molecule has 0 saturated carbocycles. The molecule has 0 radical (unpaired) electrons. The molecule has 0 spiro atoms. The number of H-pyrrole nitrogens is 1. The number of aromatic nitrogens is 4. The zero-order valence-corrected chi connectivity index (χ0v) is 15.0. The molecule has 4 heterocycles. The summed E-state index contributed by atoms with van der Waals surface area (Å²) in [6, 6.07) is 10.3. The van der Waals surface area contributed by atoms with Crippen molar-refractivity contribution < 1.29 is 0 Å². The first-order chi connectivity index (χ1) is 12.8. The maximum absolute atomic E-state index is 4.49. The molecule has 0 bridgehead atoms. The third-order valence-electron chi connectivity index (χ3n) is 4.92. The molecule has 134 valence electrons. The summed E-state index contributed by atoms with van der Waals surface area (Å²) in [6.45, 7) is 5.08. The van der Waals surface area contributed by atoms with Gasteiger partial charge in [0.25, 0.3) is 0 Å². The molecular formula is C20H24N6. The fourth-order valence-corrected chi connectivity index (χ4v) is 3.53. The van der Waals surface area contributed by atoms with E-state index in [0.29, 0.717) is 5.92 Å². The highest BCUT2D eigenvalue weighted by molar-refractivity contribution is 5.52. The minimum Gasteiger partial charge on any atom is -0.348 e. The van der Waals surface area contributed by atoms with Crippen molar-refractivity contribution in [1.82, 2.24) is 24.8 Å². The van der Waals surface area contributed by atoms with Crippen LogP contribution in [0.4, 0.5) is 11.6 Å². The van der Waals surface area contributed by atoms with E-state index in [1.54, 1.807) is 0 Å². The number of aromatic amines is 1. The van der Waals surface area contributed by atoms with Crippen LogP contribution in [-0.2, 0) is 6.54 Å². The number of piperidine rings is 1. The van der Waals surface area contributed by atoms with Crippen molar-refractivity contribution in [2.45, 2.75) is 32.2 Å². The molecule has 0 unspecified atom stereocenters. The predicted octanol–water partition coefficient (Wildman–Crippen LogP) is 3.63. The summed E-state index contributed by atoms with van der Waals surface area (Å²) < 4.78 is 0. The number of hydrogen-bond donors (Lipinski definition) is 2. The highest BCUT2D eigenvalue weighted by Gasteiger charge is 2.21. The first-order valence-electron chi connectivity index (χ1n) is 9.13. The largest absolute Gasteiger partial charge is 0.348 e. The summed E-state index contributed by atoms with van der Waals surface area (Å²) in [6.07, 6.45) is 7.91. The van der Waals surface area contributed by atoms with Crippen LogP contribution in [0.3, 0.4) is 0 Å². The molecule has 0 aliphatic carbocycles. The summed E-state index contributed by atoms with van der Waals surface area (Å²) in [5.74, 6) is 3.32. The minimum absolute atomic E-state index is 0.580. The number of pyridine rings is 2. The molecule has 4 rings (SSSR count). The Balaban J connectivity index is 1.38. The van der Waals surface area contributed by atoms with Gasteiger partial charge in [-0.2, -0.15) is 0 Å². The van der Waals surface area contributed by atoms with Crippen molar-refractivity contribution in [3.8, 4) is 0 Å². The lowest BCUT2D eigenvalue weighted by atomic mass is 9.90. The standard InChI is InChI=1S/C20H24N6/c1-15-3-2-4-18(24-15)25-19-13-17(5-8-21-19)16-6-11-26(12-7-16)14-20-22-9-10-23-20/h2-5,8-10,13,16H,6-7,11-12,14H2,1H3,(H,22,23)(H,21,24,25). The fraction of sp³-hybridized carbons (Fsp3) is 0.350. The van der Waals surface area contributed by atoms with Crippen LogP contribution < -0.4 is 5.32 Å². The molecule has 0 amide bonds. The molecule has 1 aliphatic heterocycles. The normalized spacial score (nSPS) is 15.9. The summed E-state index contributed by atoms with van der Waals surface area (Å²) in [5, 5.41) is 3.32. The van der Waals surface area contributed by atoms with Gasteiger partial charge in [-0.1, -0.05) is 6.07 Å². The second-order valence-corrected chi connectivity index (χ2v) is 6.85. The molecule has 0 atom stereocenters. The maximum atomic E-state index is 4.49. The Hall–Kier alpha value is -2.73. The van der Waals surface area contributed by atoms with Gasteiger partial charge in [-0.15, -0.1) is 0 Å². The lowest BCUT2D eigenvalue weighted by Gasteiger charge is -2.31. The molecule has 1 aliphatic rings. The highest BCUT2D eigenvalue weighted by Crippen LogP contribution is 2.29. The van der Waals surface area contributed by atoms with Crippen LogP contribution in [0.2, 0.25) is 0 Å². The number of anilines is 2. The van der Waals surface area contributed by atoms with Gasteiger partial charge >= 0.3 is 0 Å². The van der Waals surface area contributed by atoms with Crippen LogP contribution in [-0.4, -0.2) is 37.9 Å². The van der Waals surface area contributed by atoms with E-state index in [2.05, 4.69) is 42.3 Å².